The van der Waals surface area contributed by atoms with Crippen molar-refractivity contribution in [3.05, 3.63) is 0 Å². The SMILES string of the molecule is CC1CCC(C(C)(C)CC2CC3CCC2C3)C(O)C1. The highest BCUT2D eigenvalue weighted by atomic mass is 16.3. The monoisotopic (exact) mass is 264 g/mol. The smallest absolute Gasteiger partial charge is 0.0576 e. The Morgan fingerprint density at radius 3 is 2.37 bits per heavy atom. The zero-order chi connectivity index (χ0) is 13.6. The third-order valence-electron chi connectivity index (χ3n) is 6.76. The maximum atomic E-state index is 10.5. The molecule has 2 bridgehead atoms. The van der Waals surface area contributed by atoms with Crippen LogP contribution in [0.4, 0.5) is 0 Å². The number of aliphatic hydroxyl groups is 1. The highest BCUT2D eigenvalue weighted by molar-refractivity contribution is 4.95. The maximum absolute atomic E-state index is 10.5. The van der Waals surface area contributed by atoms with E-state index in [0.717, 1.165) is 30.1 Å². The Kier molecular flexibility index (Phi) is 3.71. The molecular weight excluding hydrogens is 232 g/mol. The molecule has 1 nitrogen and oxygen atoms in total. The second-order valence-electron chi connectivity index (χ2n) is 8.72. The van der Waals surface area contributed by atoms with Crippen molar-refractivity contribution in [2.24, 2.45) is 35.0 Å². The van der Waals surface area contributed by atoms with Gasteiger partial charge in [0.05, 0.1) is 6.10 Å². The van der Waals surface area contributed by atoms with Crippen molar-refractivity contribution in [3.8, 4) is 0 Å². The Bertz CT molecular complexity index is 322. The summed E-state index contributed by atoms with van der Waals surface area (Å²) in [6, 6.07) is 0. The summed E-state index contributed by atoms with van der Waals surface area (Å²) in [7, 11) is 0. The molecule has 0 radical (unpaired) electrons. The Labute approximate surface area is 119 Å². The van der Waals surface area contributed by atoms with Crippen molar-refractivity contribution >= 4 is 0 Å². The molecule has 1 N–H and O–H groups in total. The fourth-order valence-corrected chi connectivity index (χ4v) is 5.72. The van der Waals surface area contributed by atoms with Gasteiger partial charge in [-0.25, -0.2) is 0 Å². The molecule has 0 saturated heterocycles. The van der Waals surface area contributed by atoms with Crippen LogP contribution in [0.5, 0.6) is 0 Å². The zero-order valence-corrected chi connectivity index (χ0v) is 13.1. The molecule has 3 aliphatic carbocycles. The van der Waals surface area contributed by atoms with Crippen LogP contribution in [0.15, 0.2) is 0 Å². The van der Waals surface area contributed by atoms with Crippen molar-refractivity contribution in [2.45, 2.75) is 78.2 Å². The van der Waals surface area contributed by atoms with Crippen LogP contribution < -0.4 is 0 Å². The lowest BCUT2D eigenvalue weighted by molar-refractivity contribution is -0.0252. The summed E-state index contributed by atoms with van der Waals surface area (Å²) in [4.78, 5) is 0. The van der Waals surface area contributed by atoms with Crippen molar-refractivity contribution < 1.29 is 5.11 Å². The van der Waals surface area contributed by atoms with Gasteiger partial charge < -0.3 is 5.11 Å². The minimum atomic E-state index is -0.0441. The van der Waals surface area contributed by atoms with E-state index < -0.39 is 0 Å². The molecule has 1 heteroatoms. The van der Waals surface area contributed by atoms with Crippen LogP contribution in [0.2, 0.25) is 0 Å². The summed E-state index contributed by atoms with van der Waals surface area (Å²) in [5.41, 5.74) is 0.342. The first-order valence-corrected chi connectivity index (χ1v) is 8.64. The Balaban J connectivity index is 1.62. The van der Waals surface area contributed by atoms with Crippen molar-refractivity contribution in [1.82, 2.24) is 0 Å². The van der Waals surface area contributed by atoms with Crippen LogP contribution in [0, 0.1) is 35.0 Å². The van der Waals surface area contributed by atoms with Gasteiger partial charge in [0.1, 0.15) is 0 Å². The van der Waals surface area contributed by atoms with Crippen molar-refractivity contribution in [2.75, 3.05) is 0 Å². The predicted molar refractivity (Wildman–Crippen MR) is 79.8 cm³/mol. The third kappa shape index (κ3) is 2.73. The van der Waals surface area contributed by atoms with E-state index in [1.54, 1.807) is 0 Å². The summed E-state index contributed by atoms with van der Waals surface area (Å²) in [6.45, 7) is 7.16. The second-order valence-corrected chi connectivity index (χ2v) is 8.72. The number of aliphatic hydroxyl groups excluding tert-OH is 1. The maximum Gasteiger partial charge on any atom is 0.0576 e. The number of hydrogen-bond acceptors (Lipinski definition) is 1. The lowest BCUT2D eigenvalue weighted by Crippen LogP contribution is -2.40. The third-order valence-corrected chi connectivity index (χ3v) is 6.76. The molecule has 0 heterocycles. The van der Waals surface area contributed by atoms with E-state index in [2.05, 4.69) is 20.8 Å². The Morgan fingerprint density at radius 1 is 1.00 bits per heavy atom. The van der Waals surface area contributed by atoms with E-state index in [0.29, 0.717) is 11.3 Å². The van der Waals surface area contributed by atoms with Crippen LogP contribution in [0.3, 0.4) is 0 Å². The molecule has 0 aromatic rings. The average Bonchev–Trinajstić information content (AvgIpc) is 2.89. The minimum absolute atomic E-state index is 0.0441. The van der Waals surface area contributed by atoms with Gasteiger partial charge in [0.25, 0.3) is 0 Å². The number of hydrogen-bond donors (Lipinski definition) is 1. The van der Waals surface area contributed by atoms with Gasteiger partial charge in [0, 0.05) is 0 Å². The van der Waals surface area contributed by atoms with Gasteiger partial charge in [0.2, 0.25) is 0 Å². The Hall–Kier alpha value is -0.0400. The van der Waals surface area contributed by atoms with Crippen molar-refractivity contribution in [3.63, 3.8) is 0 Å². The molecular formula is C18H32O. The normalized spacial score (nSPS) is 46.7. The quantitative estimate of drug-likeness (QED) is 0.787. The van der Waals surface area contributed by atoms with Gasteiger partial charge in [-0.05, 0) is 73.5 Å². The van der Waals surface area contributed by atoms with E-state index in [1.165, 1.54) is 44.9 Å². The Morgan fingerprint density at radius 2 is 1.79 bits per heavy atom. The minimum Gasteiger partial charge on any atom is -0.393 e. The van der Waals surface area contributed by atoms with E-state index in [4.69, 9.17) is 0 Å². The molecule has 110 valence electrons. The van der Waals surface area contributed by atoms with Gasteiger partial charge >= 0.3 is 0 Å². The summed E-state index contributed by atoms with van der Waals surface area (Å²) >= 11 is 0. The largest absolute Gasteiger partial charge is 0.393 e. The van der Waals surface area contributed by atoms with Gasteiger partial charge in [-0.2, -0.15) is 0 Å². The highest BCUT2D eigenvalue weighted by Gasteiger charge is 2.45. The zero-order valence-electron chi connectivity index (χ0n) is 13.1. The molecule has 3 rings (SSSR count). The lowest BCUT2D eigenvalue weighted by atomic mass is 9.63. The van der Waals surface area contributed by atoms with E-state index in [-0.39, 0.29) is 6.10 Å². The van der Waals surface area contributed by atoms with Crippen LogP contribution in [-0.4, -0.2) is 11.2 Å². The molecule has 0 amide bonds. The van der Waals surface area contributed by atoms with E-state index >= 15 is 0 Å². The van der Waals surface area contributed by atoms with Gasteiger partial charge in [-0.15, -0.1) is 0 Å². The van der Waals surface area contributed by atoms with Crippen LogP contribution in [-0.2, 0) is 0 Å². The number of fused-ring (bicyclic) bond motifs is 2. The summed E-state index contributed by atoms with van der Waals surface area (Å²) in [5, 5.41) is 10.5. The first-order valence-electron chi connectivity index (χ1n) is 8.64. The topological polar surface area (TPSA) is 20.2 Å². The fraction of sp³-hybridized carbons (Fsp3) is 1.00. The molecule has 6 unspecified atom stereocenters. The van der Waals surface area contributed by atoms with Crippen LogP contribution in [0.1, 0.15) is 72.1 Å². The van der Waals surface area contributed by atoms with E-state index in [9.17, 15) is 5.11 Å². The summed E-state index contributed by atoms with van der Waals surface area (Å²) in [5.74, 6) is 4.33. The lowest BCUT2D eigenvalue weighted by Gasteiger charge is -2.44. The molecule has 0 spiro atoms. The fourth-order valence-electron chi connectivity index (χ4n) is 5.72. The second kappa shape index (κ2) is 5.06. The van der Waals surface area contributed by atoms with Gasteiger partial charge in [-0.1, -0.05) is 33.6 Å². The van der Waals surface area contributed by atoms with Gasteiger partial charge in [-0.3, -0.25) is 0 Å². The molecule has 3 fully saturated rings. The van der Waals surface area contributed by atoms with E-state index in [1.807, 2.05) is 0 Å². The van der Waals surface area contributed by atoms with Crippen molar-refractivity contribution in [1.29, 1.82) is 0 Å². The molecule has 0 aromatic heterocycles. The molecule has 19 heavy (non-hydrogen) atoms. The van der Waals surface area contributed by atoms with Crippen LogP contribution in [0.25, 0.3) is 0 Å². The molecule has 3 aliphatic rings. The summed E-state index contributed by atoms with van der Waals surface area (Å²) in [6.07, 6.45) is 10.9. The highest BCUT2D eigenvalue weighted by Crippen LogP contribution is 2.54. The molecule has 0 aromatic carbocycles. The number of rotatable bonds is 3. The molecule has 0 aliphatic heterocycles. The molecule has 3 saturated carbocycles. The van der Waals surface area contributed by atoms with Gasteiger partial charge in [0.15, 0.2) is 0 Å². The predicted octanol–water partition coefficient (Wildman–Crippen LogP) is 4.64. The first kappa shape index (κ1) is 13.9. The average molecular weight is 264 g/mol. The summed E-state index contributed by atoms with van der Waals surface area (Å²) < 4.78 is 0. The molecule has 6 atom stereocenters. The van der Waals surface area contributed by atoms with Crippen LogP contribution >= 0.6 is 0 Å². The first-order chi connectivity index (χ1) is 8.95. The standard InChI is InChI=1S/C18H32O/c1-12-4-7-16(17(19)8-12)18(2,3)11-15-10-13-5-6-14(15)9-13/h12-17,19H,4-11H2,1-3H3.